The van der Waals surface area contributed by atoms with Crippen LogP contribution in [0.3, 0.4) is 0 Å². The number of amides is 1. The molecule has 0 radical (unpaired) electrons. The Balaban J connectivity index is 1.93. The number of H-pyrrole nitrogens is 2. The number of aromatic nitrogens is 2. The average Bonchev–Trinajstić information content (AvgIpc) is 3.01. The zero-order valence-electron chi connectivity index (χ0n) is 15.2. The molecule has 148 valence electrons. The van der Waals surface area contributed by atoms with Crippen LogP contribution in [0.2, 0.25) is 0 Å². The van der Waals surface area contributed by atoms with E-state index in [2.05, 4.69) is 15.3 Å². The summed E-state index contributed by atoms with van der Waals surface area (Å²) in [5.74, 6) is -1.64. The number of anilines is 1. The zero-order chi connectivity index (χ0) is 20.5. The van der Waals surface area contributed by atoms with E-state index in [9.17, 15) is 22.4 Å². The monoisotopic (exact) mass is 406 g/mol. The van der Waals surface area contributed by atoms with Gasteiger partial charge in [-0.05, 0) is 36.4 Å². The van der Waals surface area contributed by atoms with Crippen molar-refractivity contribution >= 4 is 32.7 Å². The van der Waals surface area contributed by atoms with Crippen LogP contribution in [-0.2, 0) is 10.0 Å². The summed E-state index contributed by atoms with van der Waals surface area (Å²) in [5.41, 5.74) is 0.571. The second-order valence-corrected chi connectivity index (χ2v) is 7.96. The van der Waals surface area contributed by atoms with Crippen LogP contribution < -0.4 is 11.0 Å². The fourth-order valence-electron chi connectivity index (χ4n) is 2.86. The summed E-state index contributed by atoms with van der Waals surface area (Å²) in [6.07, 6.45) is 0. The Hall–Kier alpha value is -2.98. The van der Waals surface area contributed by atoms with E-state index in [1.54, 1.807) is 26.0 Å². The fraction of sp³-hybridized carbons (Fsp3) is 0.222. The molecule has 3 aromatic rings. The largest absolute Gasteiger partial charge is 0.323 e. The molecular weight excluding hydrogens is 387 g/mol. The van der Waals surface area contributed by atoms with E-state index in [-0.39, 0.29) is 23.7 Å². The second kappa shape index (κ2) is 7.56. The summed E-state index contributed by atoms with van der Waals surface area (Å²) in [6.45, 7) is 3.90. The molecule has 0 unspecified atom stereocenters. The Bertz CT molecular complexity index is 1200. The summed E-state index contributed by atoms with van der Waals surface area (Å²) in [4.78, 5) is 28.8. The first kappa shape index (κ1) is 19.8. The molecule has 0 spiro atoms. The number of hydrogen-bond acceptors (Lipinski definition) is 4. The second-order valence-electron chi connectivity index (χ2n) is 6.02. The normalized spacial score (nSPS) is 11.9. The third-order valence-corrected chi connectivity index (χ3v) is 6.35. The molecule has 0 fully saturated rings. The summed E-state index contributed by atoms with van der Waals surface area (Å²) in [7, 11) is -3.83. The Morgan fingerprint density at radius 3 is 2.43 bits per heavy atom. The number of fused-ring (bicyclic) bond motifs is 1. The summed E-state index contributed by atoms with van der Waals surface area (Å²) < 4.78 is 40.7. The van der Waals surface area contributed by atoms with Gasteiger partial charge in [0.25, 0.3) is 5.91 Å². The Morgan fingerprint density at radius 2 is 1.75 bits per heavy atom. The molecule has 3 N–H and O–H groups in total. The molecule has 8 nitrogen and oxygen atoms in total. The summed E-state index contributed by atoms with van der Waals surface area (Å²) in [5, 5.41) is 2.51. The third kappa shape index (κ3) is 3.69. The molecule has 0 aliphatic heterocycles. The summed E-state index contributed by atoms with van der Waals surface area (Å²) >= 11 is 0. The van der Waals surface area contributed by atoms with E-state index < -0.39 is 27.3 Å². The number of nitrogens with zero attached hydrogens (tertiary/aromatic N) is 1. The molecule has 0 saturated heterocycles. The van der Waals surface area contributed by atoms with Crippen molar-refractivity contribution in [1.29, 1.82) is 0 Å². The van der Waals surface area contributed by atoms with Crippen molar-refractivity contribution in [2.45, 2.75) is 18.7 Å². The molecule has 1 heterocycles. The number of carbonyl (C=O) groups is 1. The molecule has 1 aromatic heterocycles. The van der Waals surface area contributed by atoms with Crippen molar-refractivity contribution in [1.82, 2.24) is 14.3 Å². The minimum Gasteiger partial charge on any atom is -0.322 e. The van der Waals surface area contributed by atoms with E-state index in [0.717, 1.165) is 18.2 Å². The van der Waals surface area contributed by atoms with Gasteiger partial charge < -0.3 is 15.3 Å². The average molecular weight is 406 g/mol. The van der Waals surface area contributed by atoms with Crippen LogP contribution in [0.15, 0.2) is 46.1 Å². The van der Waals surface area contributed by atoms with Crippen molar-refractivity contribution in [3.8, 4) is 0 Å². The van der Waals surface area contributed by atoms with Gasteiger partial charge in [-0.15, -0.1) is 0 Å². The lowest BCUT2D eigenvalue weighted by molar-refractivity contribution is 0.102. The van der Waals surface area contributed by atoms with Gasteiger partial charge in [0.2, 0.25) is 10.0 Å². The van der Waals surface area contributed by atoms with Crippen LogP contribution in [0.25, 0.3) is 11.0 Å². The minimum atomic E-state index is -3.83. The number of carbonyl (C=O) groups excluding carboxylic acids is 1. The highest BCUT2D eigenvalue weighted by Crippen LogP contribution is 2.21. The van der Waals surface area contributed by atoms with E-state index in [4.69, 9.17) is 0 Å². The van der Waals surface area contributed by atoms with Crippen LogP contribution in [0.5, 0.6) is 0 Å². The highest BCUT2D eigenvalue weighted by atomic mass is 32.2. The molecule has 10 heteroatoms. The number of imidazole rings is 1. The zero-order valence-corrected chi connectivity index (χ0v) is 16.1. The number of nitrogens with one attached hydrogen (secondary N) is 3. The first-order valence-corrected chi connectivity index (χ1v) is 10.0. The topological polar surface area (TPSA) is 115 Å². The third-order valence-electron chi connectivity index (χ3n) is 4.30. The van der Waals surface area contributed by atoms with Crippen LogP contribution in [0.4, 0.5) is 10.1 Å². The van der Waals surface area contributed by atoms with Crippen LogP contribution in [-0.4, -0.2) is 41.7 Å². The molecule has 3 rings (SSSR count). The minimum absolute atomic E-state index is 0.159. The number of aromatic amines is 2. The van der Waals surface area contributed by atoms with Gasteiger partial charge in [0.1, 0.15) is 5.82 Å². The van der Waals surface area contributed by atoms with Gasteiger partial charge in [0, 0.05) is 18.8 Å². The Kier molecular flexibility index (Phi) is 5.34. The molecule has 0 saturated carbocycles. The maximum atomic E-state index is 14.2. The molecule has 2 aromatic carbocycles. The predicted octanol–water partition coefficient (Wildman–Crippen LogP) is 2.28. The first-order chi connectivity index (χ1) is 13.3. The van der Waals surface area contributed by atoms with Crippen molar-refractivity contribution < 1.29 is 17.6 Å². The van der Waals surface area contributed by atoms with Gasteiger partial charge in [0.15, 0.2) is 0 Å². The molecule has 28 heavy (non-hydrogen) atoms. The fourth-order valence-corrected chi connectivity index (χ4v) is 4.34. The standard InChI is InChI=1S/C18H19FN4O4S/c1-3-23(4-2)28(26,27)12-6-7-14(19)13(10-12)17(24)20-11-5-8-15-16(9-11)22-18(25)21-15/h5-10H,3-4H2,1-2H3,(H,20,24)(H2,21,22,25). The molecule has 0 aliphatic rings. The van der Waals surface area contributed by atoms with E-state index >= 15 is 0 Å². The first-order valence-electron chi connectivity index (χ1n) is 8.59. The van der Waals surface area contributed by atoms with Gasteiger partial charge in [-0.1, -0.05) is 13.8 Å². The smallest absolute Gasteiger partial charge is 0.322 e. The van der Waals surface area contributed by atoms with Crippen molar-refractivity contribution in [3.63, 3.8) is 0 Å². The van der Waals surface area contributed by atoms with E-state index in [1.807, 2.05) is 0 Å². The number of hydrogen-bond donors (Lipinski definition) is 3. The maximum absolute atomic E-state index is 14.2. The highest BCUT2D eigenvalue weighted by molar-refractivity contribution is 7.89. The van der Waals surface area contributed by atoms with Gasteiger partial charge in [-0.2, -0.15) is 4.31 Å². The van der Waals surface area contributed by atoms with E-state index in [0.29, 0.717) is 16.7 Å². The van der Waals surface area contributed by atoms with Gasteiger partial charge in [0.05, 0.1) is 21.5 Å². The maximum Gasteiger partial charge on any atom is 0.323 e. The summed E-state index contributed by atoms with van der Waals surface area (Å²) in [6, 6.07) is 7.75. The molecular formula is C18H19FN4O4S. The number of sulfonamides is 1. The molecule has 0 bridgehead atoms. The van der Waals surface area contributed by atoms with Gasteiger partial charge >= 0.3 is 5.69 Å². The van der Waals surface area contributed by atoms with Gasteiger partial charge in [-0.3, -0.25) is 4.79 Å². The number of rotatable bonds is 6. The molecule has 1 amide bonds. The molecule has 0 atom stereocenters. The highest BCUT2D eigenvalue weighted by Gasteiger charge is 2.24. The van der Waals surface area contributed by atoms with Crippen molar-refractivity contribution in [2.24, 2.45) is 0 Å². The van der Waals surface area contributed by atoms with Crippen LogP contribution >= 0.6 is 0 Å². The van der Waals surface area contributed by atoms with Crippen molar-refractivity contribution in [2.75, 3.05) is 18.4 Å². The van der Waals surface area contributed by atoms with Gasteiger partial charge in [-0.25, -0.2) is 17.6 Å². The SMILES string of the molecule is CCN(CC)S(=O)(=O)c1ccc(F)c(C(=O)Nc2ccc3[nH]c(=O)[nH]c3c2)c1. The lowest BCUT2D eigenvalue weighted by Crippen LogP contribution is -2.31. The number of benzene rings is 2. The quantitative estimate of drug-likeness (QED) is 0.582. The molecule has 0 aliphatic carbocycles. The Labute approximate surface area is 160 Å². The van der Waals surface area contributed by atoms with Crippen molar-refractivity contribution in [3.05, 3.63) is 58.3 Å². The number of halogens is 1. The Morgan fingerprint density at radius 1 is 1.07 bits per heavy atom. The lowest BCUT2D eigenvalue weighted by Gasteiger charge is -2.19. The predicted molar refractivity (Wildman–Crippen MR) is 103 cm³/mol. The van der Waals surface area contributed by atoms with E-state index in [1.165, 1.54) is 10.4 Å². The van der Waals surface area contributed by atoms with Crippen LogP contribution in [0.1, 0.15) is 24.2 Å². The lowest BCUT2D eigenvalue weighted by atomic mass is 10.2. The van der Waals surface area contributed by atoms with Crippen LogP contribution in [0, 0.1) is 5.82 Å².